The molecule has 2 aromatic heterocycles. The number of Topliss-reactive ketones (excluding diaryl/α,β-unsaturated/α-hetero) is 1. The Hall–Kier alpha value is -3.41. The fourth-order valence-corrected chi connectivity index (χ4v) is 5.86. The number of aromatic nitrogens is 2. The van der Waals surface area contributed by atoms with E-state index in [4.69, 9.17) is 0 Å². The number of carbonyl (C=O) groups is 3. The van der Waals surface area contributed by atoms with Crippen LogP contribution in [0.3, 0.4) is 0 Å². The summed E-state index contributed by atoms with van der Waals surface area (Å²) in [6.07, 6.45) is 3.00. The lowest BCUT2D eigenvalue weighted by Gasteiger charge is -2.17. The summed E-state index contributed by atoms with van der Waals surface area (Å²) < 4.78 is 27.9. The molecule has 9 nitrogen and oxygen atoms in total. The maximum absolute atomic E-state index is 13.4. The van der Waals surface area contributed by atoms with Crippen molar-refractivity contribution in [2.45, 2.75) is 50.6 Å². The molecular formula is C24H24F2N6O3S. The number of nitrogens with zero attached hydrogens (tertiary/aromatic N) is 4. The first-order valence-electron chi connectivity index (χ1n) is 11.4. The summed E-state index contributed by atoms with van der Waals surface area (Å²) >= 11 is 1.34. The Kier molecular flexibility index (Phi) is 6.01. The molecule has 0 unspecified atom stereocenters. The molecule has 12 heteroatoms. The van der Waals surface area contributed by atoms with Crippen molar-refractivity contribution in [1.29, 1.82) is 0 Å². The average Bonchev–Trinajstić information content (AvgIpc) is 3.74. The molecule has 2 aliphatic carbocycles. The zero-order valence-corrected chi connectivity index (χ0v) is 20.5. The third-order valence-electron chi connectivity index (χ3n) is 7.00. The van der Waals surface area contributed by atoms with E-state index in [0.717, 1.165) is 12.5 Å². The van der Waals surface area contributed by atoms with Crippen molar-refractivity contribution >= 4 is 46.8 Å². The number of alkyl halides is 2. The highest BCUT2D eigenvalue weighted by atomic mass is 32.2. The van der Waals surface area contributed by atoms with Gasteiger partial charge in [-0.3, -0.25) is 19.4 Å². The Morgan fingerprint density at radius 2 is 2.08 bits per heavy atom. The number of nitrogens with one attached hydrogen (secondary N) is 2. The molecule has 5 rings (SSSR count). The van der Waals surface area contributed by atoms with Crippen LogP contribution in [0.15, 0.2) is 28.5 Å². The fourth-order valence-electron chi connectivity index (χ4n) is 5.07. The molecule has 2 amide bonds. The van der Waals surface area contributed by atoms with Gasteiger partial charge in [-0.15, -0.1) is 16.9 Å². The summed E-state index contributed by atoms with van der Waals surface area (Å²) in [5, 5.41) is 13.6. The molecule has 0 bridgehead atoms. The highest BCUT2D eigenvalue weighted by Gasteiger charge is 2.52. The number of hydrogen-bond donors (Lipinski definition) is 2. The molecule has 3 aliphatic rings. The fraction of sp³-hybridized carbons (Fsp3) is 0.417. The SMILES string of the molecule is C=N/N=C(\SC)C1(NC(=O)C(=O)c2c(C)c(C(=O)Nc3ccnc(C(F)F)c3)n3c2C[C@H]2C[C@H]23)CC1. The largest absolute Gasteiger partial charge is 0.337 e. The number of thioether (sulfide) groups is 1. The third kappa shape index (κ3) is 4.02. The quantitative estimate of drug-likeness (QED) is 0.183. The summed E-state index contributed by atoms with van der Waals surface area (Å²) in [5.41, 5.74) is 0.556. The van der Waals surface area contributed by atoms with E-state index >= 15 is 0 Å². The number of rotatable bonds is 8. The molecule has 2 N–H and O–H groups in total. The number of fused-ring (bicyclic) bond motifs is 3. The topological polar surface area (TPSA) is 118 Å². The first-order chi connectivity index (χ1) is 17.2. The van der Waals surface area contributed by atoms with E-state index in [1.54, 1.807) is 6.92 Å². The molecule has 0 spiro atoms. The van der Waals surface area contributed by atoms with Gasteiger partial charge >= 0.3 is 0 Å². The zero-order valence-electron chi connectivity index (χ0n) is 19.7. The molecule has 2 saturated carbocycles. The molecule has 0 aromatic carbocycles. The smallest absolute Gasteiger partial charge is 0.293 e. The Morgan fingerprint density at radius 3 is 2.72 bits per heavy atom. The van der Waals surface area contributed by atoms with Crippen LogP contribution >= 0.6 is 11.8 Å². The van der Waals surface area contributed by atoms with Gasteiger partial charge in [0.25, 0.3) is 24.0 Å². The molecule has 2 atom stereocenters. The third-order valence-corrected chi connectivity index (χ3v) is 7.86. The van der Waals surface area contributed by atoms with Crippen LogP contribution in [0.4, 0.5) is 14.5 Å². The van der Waals surface area contributed by atoms with Gasteiger partial charge in [0.05, 0.1) is 11.1 Å². The van der Waals surface area contributed by atoms with Crippen LogP contribution in [0.5, 0.6) is 0 Å². The van der Waals surface area contributed by atoms with Crippen LogP contribution in [-0.4, -0.2) is 50.7 Å². The van der Waals surface area contributed by atoms with Crippen LogP contribution in [0, 0.1) is 12.8 Å². The molecule has 36 heavy (non-hydrogen) atoms. The minimum atomic E-state index is -2.77. The predicted molar refractivity (Wildman–Crippen MR) is 132 cm³/mol. The van der Waals surface area contributed by atoms with Crippen molar-refractivity contribution in [3.8, 4) is 0 Å². The van der Waals surface area contributed by atoms with Gasteiger partial charge in [-0.05, 0) is 62.5 Å². The van der Waals surface area contributed by atoms with Gasteiger partial charge in [0.2, 0.25) is 0 Å². The Labute approximate surface area is 209 Å². The number of halogens is 2. The second kappa shape index (κ2) is 8.91. The first kappa shape index (κ1) is 24.3. The van der Waals surface area contributed by atoms with Crippen LogP contribution in [0.1, 0.15) is 69.5 Å². The molecule has 3 heterocycles. The molecular weight excluding hydrogens is 490 g/mol. The van der Waals surface area contributed by atoms with Crippen molar-refractivity contribution < 1.29 is 23.2 Å². The van der Waals surface area contributed by atoms with Gasteiger partial charge in [-0.1, -0.05) is 0 Å². The summed E-state index contributed by atoms with van der Waals surface area (Å²) in [7, 11) is 0. The Bertz CT molecular complexity index is 1330. The van der Waals surface area contributed by atoms with E-state index in [2.05, 4.69) is 32.5 Å². The molecule has 1 aliphatic heterocycles. The van der Waals surface area contributed by atoms with Crippen molar-refractivity contribution in [3.05, 3.63) is 46.5 Å². The second-order valence-corrected chi connectivity index (χ2v) is 10.1. The van der Waals surface area contributed by atoms with Gasteiger partial charge in [0.15, 0.2) is 0 Å². The minimum Gasteiger partial charge on any atom is -0.337 e. The number of ketones is 1. The van der Waals surface area contributed by atoms with E-state index in [0.29, 0.717) is 41.5 Å². The van der Waals surface area contributed by atoms with Crippen LogP contribution < -0.4 is 10.6 Å². The lowest BCUT2D eigenvalue weighted by molar-refractivity contribution is -0.117. The summed E-state index contributed by atoms with van der Waals surface area (Å²) in [6.45, 7) is 5.00. The maximum Gasteiger partial charge on any atom is 0.293 e. The number of amides is 2. The average molecular weight is 515 g/mol. The van der Waals surface area contributed by atoms with E-state index in [-0.39, 0.29) is 23.0 Å². The van der Waals surface area contributed by atoms with E-state index in [9.17, 15) is 23.2 Å². The highest BCUT2D eigenvalue weighted by molar-refractivity contribution is 8.13. The minimum absolute atomic E-state index is 0.0850. The molecule has 2 fully saturated rings. The standard InChI is InChI=1S/C24H24F2N6O3S/c1-11-17(19(33)22(35)30-24(5-6-24)23(36-3)31-27-2)16-9-12-8-15(12)32(16)18(11)21(34)29-13-4-7-28-14(10-13)20(25)26/h4,7,10,12,15,20H,2,5-6,8-9H2,1,3H3,(H,30,35)(H,28,29,34)/b31-23-/t12-,15-/m1/s1. The monoisotopic (exact) mass is 514 g/mol. The van der Waals surface area contributed by atoms with Gasteiger partial charge in [-0.2, -0.15) is 5.10 Å². The Morgan fingerprint density at radius 1 is 1.33 bits per heavy atom. The van der Waals surface area contributed by atoms with Gasteiger partial charge < -0.3 is 15.2 Å². The van der Waals surface area contributed by atoms with Gasteiger partial charge in [0, 0.05) is 30.3 Å². The van der Waals surface area contributed by atoms with Gasteiger partial charge in [-0.25, -0.2) is 8.78 Å². The summed E-state index contributed by atoms with van der Waals surface area (Å²) in [5.74, 6) is -1.69. The number of hydrogen-bond acceptors (Lipinski definition) is 7. The predicted octanol–water partition coefficient (Wildman–Crippen LogP) is 3.71. The molecule has 0 saturated heterocycles. The Balaban J connectivity index is 1.44. The number of carbonyl (C=O) groups excluding carboxylic acids is 3. The van der Waals surface area contributed by atoms with Gasteiger partial charge in [0.1, 0.15) is 16.4 Å². The number of pyridine rings is 1. The van der Waals surface area contributed by atoms with Crippen molar-refractivity contribution in [2.75, 3.05) is 11.6 Å². The van der Waals surface area contributed by atoms with Crippen LogP contribution in [-0.2, 0) is 11.2 Å². The van der Waals surface area contributed by atoms with E-state index in [1.165, 1.54) is 24.0 Å². The van der Waals surface area contributed by atoms with Crippen LogP contribution in [0.25, 0.3) is 0 Å². The summed E-state index contributed by atoms with van der Waals surface area (Å²) in [4.78, 5) is 43.4. The van der Waals surface area contributed by atoms with E-state index in [1.807, 2.05) is 10.8 Å². The van der Waals surface area contributed by atoms with Crippen molar-refractivity contribution in [3.63, 3.8) is 0 Å². The van der Waals surface area contributed by atoms with Crippen molar-refractivity contribution in [1.82, 2.24) is 14.9 Å². The molecule has 2 aromatic rings. The second-order valence-electron chi connectivity index (χ2n) is 9.27. The lowest BCUT2D eigenvalue weighted by Crippen LogP contribution is -2.45. The normalized spacial score (nSPS) is 21.0. The summed E-state index contributed by atoms with van der Waals surface area (Å²) in [6, 6.07) is 2.62. The van der Waals surface area contributed by atoms with Crippen molar-refractivity contribution in [2.24, 2.45) is 16.1 Å². The highest BCUT2D eigenvalue weighted by Crippen LogP contribution is 2.54. The lowest BCUT2D eigenvalue weighted by atomic mass is 10.0. The van der Waals surface area contributed by atoms with Crippen LogP contribution in [0.2, 0.25) is 0 Å². The van der Waals surface area contributed by atoms with E-state index < -0.39 is 35.3 Å². The number of anilines is 1. The zero-order chi connectivity index (χ0) is 25.8. The molecule has 0 radical (unpaired) electrons. The maximum atomic E-state index is 13.4. The first-order valence-corrected chi connectivity index (χ1v) is 12.7. The molecule has 188 valence electrons.